The Morgan fingerprint density at radius 1 is 1.12 bits per heavy atom. The molecule has 4 heterocycles. The van der Waals surface area contributed by atoms with Crippen molar-refractivity contribution in [3.05, 3.63) is 104 Å². The molecule has 2 aromatic heterocycles. The van der Waals surface area contributed by atoms with Crippen LogP contribution in [0.5, 0.6) is 0 Å². The molecule has 4 aromatic rings. The van der Waals surface area contributed by atoms with E-state index in [0.29, 0.717) is 16.5 Å². The van der Waals surface area contributed by atoms with Crippen LogP contribution in [0.15, 0.2) is 65.9 Å². The van der Waals surface area contributed by atoms with E-state index in [2.05, 4.69) is 10.5 Å². The van der Waals surface area contributed by atoms with Crippen molar-refractivity contribution in [1.29, 1.82) is 0 Å². The Labute approximate surface area is 259 Å². The standard InChI is InChI=1S/C29H22BCl3F3N3O4/c1-27(2)18-7-5-15(10-19(18)30(41)42-27)14-37-26(40)24-8-6-17(23-4-3-9-39(23)24)22-13-28(43-38-22,29(34,35)36)16-11-20(31)25(33)21(32)12-16/h3-12,41H,13-14H2,1-2H3,(H,37,40)/t28-/m1/s1. The van der Waals surface area contributed by atoms with Gasteiger partial charge in [-0.3, -0.25) is 4.79 Å². The Bertz CT molecular complexity index is 1800. The Morgan fingerprint density at radius 2 is 1.84 bits per heavy atom. The second kappa shape index (κ2) is 10.5. The van der Waals surface area contributed by atoms with Crippen molar-refractivity contribution in [3.8, 4) is 0 Å². The molecule has 0 saturated carbocycles. The maximum Gasteiger partial charge on any atom is 0.492 e. The summed E-state index contributed by atoms with van der Waals surface area (Å²) < 4.78 is 50.8. The second-order valence-electron chi connectivity index (χ2n) is 10.9. The van der Waals surface area contributed by atoms with E-state index in [1.807, 2.05) is 26.0 Å². The predicted molar refractivity (Wildman–Crippen MR) is 158 cm³/mol. The molecule has 222 valence electrons. The average Bonchev–Trinajstić information content (AvgIpc) is 3.66. The molecule has 0 fully saturated rings. The lowest BCUT2D eigenvalue weighted by Crippen LogP contribution is -2.42. The zero-order chi connectivity index (χ0) is 30.9. The molecule has 2 aliphatic heterocycles. The van der Waals surface area contributed by atoms with Gasteiger partial charge in [0.05, 0.1) is 38.3 Å². The third kappa shape index (κ3) is 4.97. The van der Waals surface area contributed by atoms with Crippen LogP contribution in [0.1, 0.15) is 53.0 Å². The van der Waals surface area contributed by atoms with Crippen LogP contribution in [0.2, 0.25) is 15.1 Å². The van der Waals surface area contributed by atoms with Gasteiger partial charge in [-0.05, 0) is 66.8 Å². The number of nitrogens with zero attached hydrogens (tertiary/aromatic N) is 2. The van der Waals surface area contributed by atoms with Gasteiger partial charge in [0.25, 0.3) is 11.5 Å². The SMILES string of the molecule is CC1(C)OB(O)c2cc(CNC(=O)c3ccc(C4=NO[C@](c5cc(Cl)c(Cl)c(Cl)c5)(C(F)(F)F)C4)c4cccn34)ccc21. The van der Waals surface area contributed by atoms with Crippen molar-refractivity contribution in [1.82, 2.24) is 9.72 Å². The van der Waals surface area contributed by atoms with Crippen LogP contribution in [0.3, 0.4) is 0 Å². The van der Waals surface area contributed by atoms with Crippen molar-refractivity contribution in [2.45, 2.75) is 44.2 Å². The highest BCUT2D eigenvalue weighted by Gasteiger charge is 2.62. The Balaban J connectivity index is 1.26. The molecule has 2 N–H and O–H groups in total. The first-order valence-electron chi connectivity index (χ1n) is 13.1. The van der Waals surface area contributed by atoms with E-state index in [1.165, 1.54) is 12.1 Å². The van der Waals surface area contributed by atoms with E-state index in [0.717, 1.165) is 23.3 Å². The van der Waals surface area contributed by atoms with E-state index in [4.69, 9.17) is 44.3 Å². The highest BCUT2D eigenvalue weighted by Crippen LogP contribution is 2.51. The molecule has 2 aliphatic rings. The molecule has 6 rings (SSSR count). The van der Waals surface area contributed by atoms with Gasteiger partial charge in [-0.15, -0.1) is 0 Å². The molecule has 0 unspecified atom stereocenters. The molecule has 14 heteroatoms. The van der Waals surface area contributed by atoms with Crippen LogP contribution in [0, 0.1) is 0 Å². The van der Waals surface area contributed by atoms with Crippen LogP contribution in [0.4, 0.5) is 13.2 Å². The summed E-state index contributed by atoms with van der Waals surface area (Å²) in [6, 6.07) is 14.0. The summed E-state index contributed by atoms with van der Waals surface area (Å²) in [6.07, 6.45) is -3.92. The molecule has 0 bridgehead atoms. The van der Waals surface area contributed by atoms with Gasteiger partial charge in [0, 0.05) is 23.9 Å². The summed E-state index contributed by atoms with van der Waals surface area (Å²) in [7, 11) is -1.06. The number of carbonyl (C=O) groups is 1. The Hall–Kier alpha value is -3.22. The minimum absolute atomic E-state index is 0.0250. The second-order valence-corrected chi connectivity index (χ2v) is 12.1. The van der Waals surface area contributed by atoms with Crippen molar-refractivity contribution >= 4 is 64.5 Å². The number of halogens is 6. The number of oxime groups is 1. The van der Waals surface area contributed by atoms with Crippen LogP contribution >= 0.6 is 34.8 Å². The van der Waals surface area contributed by atoms with Gasteiger partial charge in [0.15, 0.2) is 0 Å². The number of aromatic nitrogens is 1. The number of fused-ring (bicyclic) bond motifs is 2. The fraction of sp³-hybridized carbons (Fsp3) is 0.241. The number of carbonyl (C=O) groups excluding carboxylic acids is 1. The molecule has 0 spiro atoms. The van der Waals surface area contributed by atoms with Crippen molar-refractivity contribution < 1.29 is 32.5 Å². The first-order valence-corrected chi connectivity index (χ1v) is 14.2. The molecular weight excluding hydrogens is 629 g/mol. The van der Waals surface area contributed by atoms with Crippen LogP contribution in [-0.2, 0) is 27.2 Å². The highest BCUT2D eigenvalue weighted by atomic mass is 35.5. The van der Waals surface area contributed by atoms with Gasteiger partial charge in [-0.25, -0.2) is 0 Å². The molecule has 0 aliphatic carbocycles. The van der Waals surface area contributed by atoms with Crippen LogP contribution in [0.25, 0.3) is 5.52 Å². The zero-order valence-corrected chi connectivity index (χ0v) is 24.9. The number of alkyl halides is 3. The average molecular weight is 651 g/mol. The topological polar surface area (TPSA) is 84.6 Å². The number of pyridine rings is 1. The lowest BCUT2D eigenvalue weighted by Gasteiger charge is -2.30. The summed E-state index contributed by atoms with van der Waals surface area (Å²) in [5.74, 6) is -0.412. The Morgan fingerprint density at radius 3 is 2.53 bits per heavy atom. The first kappa shape index (κ1) is 29.8. The third-order valence-corrected chi connectivity index (χ3v) is 8.96. The van der Waals surface area contributed by atoms with Gasteiger partial charge in [0.2, 0.25) is 0 Å². The normalized spacial score (nSPS) is 19.4. The van der Waals surface area contributed by atoms with Gasteiger partial charge in [-0.1, -0.05) is 58.2 Å². The van der Waals surface area contributed by atoms with Gasteiger partial charge < -0.3 is 24.2 Å². The summed E-state index contributed by atoms with van der Waals surface area (Å²) in [5.41, 5.74) is -0.433. The number of nitrogens with one attached hydrogen (secondary N) is 1. The smallest absolute Gasteiger partial charge is 0.423 e. The van der Waals surface area contributed by atoms with E-state index in [-0.39, 0.29) is 38.6 Å². The highest BCUT2D eigenvalue weighted by molar-refractivity contribution is 6.62. The van der Waals surface area contributed by atoms with Crippen LogP contribution in [-0.4, -0.2) is 34.3 Å². The lowest BCUT2D eigenvalue weighted by molar-refractivity contribution is -0.275. The zero-order valence-electron chi connectivity index (χ0n) is 22.6. The quantitative estimate of drug-likeness (QED) is 0.195. The van der Waals surface area contributed by atoms with E-state index in [1.54, 1.807) is 28.8 Å². The maximum absolute atomic E-state index is 14.5. The van der Waals surface area contributed by atoms with Gasteiger partial charge >= 0.3 is 13.3 Å². The van der Waals surface area contributed by atoms with Crippen molar-refractivity contribution in [3.63, 3.8) is 0 Å². The molecule has 1 amide bonds. The third-order valence-electron chi connectivity index (χ3n) is 7.76. The fourth-order valence-corrected chi connectivity index (χ4v) is 6.15. The lowest BCUT2D eigenvalue weighted by atomic mass is 9.77. The minimum atomic E-state index is -4.88. The molecule has 43 heavy (non-hydrogen) atoms. The first-order chi connectivity index (χ1) is 20.2. The summed E-state index contributed by atoms with van der Waals surface area (Å²) >= 11 is 18.1. The molecule has 0 radical (unpaired) electrons. The van der Waals surface area contributed by atoms with E-state index < -0.39 is 36.8 Å². The minimum Gasteiger partial charge on any atom is -0.423 e. The van der Waals surface area contributed by atoms with E-state index in [9.17, 15) is 23.0 Å². The summed E-state index contributed by atoms with van der Waals surface area (Å²) in [6.45, 7) is 3.90. The number of rotatable bonds is 5. The van der Waals surface area contributed by atoms with Gasteiger partial charge in [0.1, 0.15) is 5.69 Å². The van der Waals surface area contributed by atoms with Gasteiger partial charge in [-0.2, -0.15) is 13.2 Å². The number of hydrogen-bond donors (Lipinski definition) is 2. The summed E-state index contributed by atoms with van der Waals surface area (Å²) in [5, 5.41) is 16.6. The van der Waals surface area contributed by atoms with Crippen molar-refractivity contribution in [2.24, 2.45) is 5.16 Å². The molecule has 1 atom stereocenters. The van der Waals surface area contributed by atoms with Crippen molar-refractivity contribution in [2.75, 3.05) is 0 Å². The largest absolute Gasteiger partial charge is 0.492 e. The summed E-state index contributed by atoms with van der Waals surface area (Å²) in [4.78, 5) is 18.4. The number of amides is 1. The molecular formula is C29H22BCl3F3N3O4. The number of hydrogen-bond acceptors (Lipinski definition) is 5. The molecule has 2 aromatic carbocycles. The van der Waals surface area contributed by atoms with Crippen LogP contribution < -0.4 is 10.8 Å². The fourth-order valence-electron chi connectivity index (χ4n) is 5.56. The number of benzene rings is 2. The molecule has 7 nitrogen and oxygen atoms in total. The Kier molecular flexibility index (Phi) is 7.25. The maximum atomic E-state index is 14.5. The predicted octanol–water partition coefficient (Wildman–Crippen LogP) is 6.36. The van der Waals surface area contributed by atoms with E-state index >= 15 is 0 Å². The monoisotopic (exact) mass is 649 g/mol. The molecule has 0 saturated heterocycles.